The summed E-state index contributed by atoms with van der Waals surface area (Å²) in [5, 5.41) is 2.78. The third-order valence-electron chi connectivity index (χ3n) is 2.06. The number of primary amides is 1. The molecule has 0 radical (unpaired) electrons. The monoisotopic (exact) mass is 205 g/mol. The molecule has 0 bridgehead atoms. The van der Waals surface area contributed by atoms with Gasteiger partial charge in [0.15, 0.2) is 5.58 Å². The molecule has 1 aromatic carbocycles. The molecule has 0 aliphatic rings. The van der Waals surface area contributed by atoms with E-state index in [1.165, 1.54) is 0 Å². The van der Waals surface area contributed by atoms with E-state index < -0.39 is 11.9 Å². The van der Waals surface area contributed by atoms with Crippen LogP contribution in [-0.2, 0) is 4.79 Å². The number of fused-ring (bicyclic) bond motifs is 1. The molecule has 0 fully saturated rings. The molecule has 1 amide bonds. The van der Waals surface area contributed by atoms with Crippen LogP contribution in [-0.4, -0.2) is 16.9 Å². The summed E-state index contributed by atoms with van der Waals surface area (Å²) in [7, 11) is 0. The van der Waals surface area contributed by atoms with Crippen molar-refractivity contribution in [2.24, 2.45) is 5.73 Å². The molecule has 0 aliphatic carbocycles. The van der Waals surface area contributed by atoms with E-state index in [-0.39, 0.29) is 0 Å². The third-order valence-corrected chi connectivity index (χ3v) is 2.06. The normalized spacial score (nSPS) is 12.6. The molecule has 0 aliphatic heterocycles. The quantitative estimate of drug-likeness (QED) is 0.786. The van der Waals surface area contributed by atoms with Gasteiger partial charge in [-0.3, -0.25) is 4.79 Å². The molecule has 2 aromatic rings. The Balaban J connectivity index is 2.26. The number of nitrogens with zero attached hydrogens (tertiary/aromatic N) is 1. The Morgan fingerprint density at radius 2 is 2.27 bits per heavy atom. The molecule has 0 saturated heterocycles. The average Bonchev–Trinajstić information content (AvgIpc) is 2.59. The number of nitrogens with one attached hydrogen (secondary N) is 1. The van der Waals surface area contributed by atoms with Crippen LogP contribution in [0.4, 0.5) is 6.01 Å². The second-order valence-electron chi connectivity index (χ2n) is 3.26. The molecule has 5 nitrogen and oxygen atoms in total. The zero-order valence-corrected chi connectivity index (χ0v) is 8.23. The van der Waals surface area contributed by atoms with E-state index in [4.69, 9.17) is 10.2 Å². The number of carbonyl (C=O) groups excluding carboxylic acids is 1. The lowest BCUT2D eigenvalue weighted by Crippen LogP contribution is -2.32. The van der Waals surface area contributed by atoms with Gasteiger partial charge in [0.2, 0.25) is 5.91 Å². The van der Waals surface area contributed by atoms with Crippen LogP contribution < -0.4 is 11.1 Å². The number of anilines is 1. The first-order valence-corrected chi connectivity index (χ1v) is 4.58. The van der Waals surface area contributed by atoms with E-state index in [2.05, 4.69) is 10.3 Å². The first kappa shape index (κ1) is 9.51. The summed E-state index contributed by atoms with van der Waals surface area (Å²) in [6.07, 6.45) is 0. The molecule has 78 valence electrons. The Kier molecular flexibility index (Phi) is 2.29. The number of hydrogen-bond donors (Lipinski definition) is 2. The van der Waals surface area contributed by atoms with Gasteiger partial charge in [-0.05, 0) is 19.1 Å². The number of benzene rings is 1. The topological polar surface area (TPSA) is 81.2 Å². The van der Waals surface area contributed by atoms with Crippen LogP contribution in [0.5, 0.6) is 0 Å². The van der Waals surface area contributed by atoms with Gasteiger partial charge in [0.25, 0.3) is 6.01 Å². The molecular weight excluding hydrogens is 194 g/mol. The number of aromatic nitrogens is 1. The molecule has 2 rings (SSSR count). The Bertz CT molecular complexity index is 459. The fourth-order valence-electron chi connectivity index (χ4n) is 1.19. The Hall–Kier alpha value is -2.04. The van der Waals surface area contributed by atoms with Crippen molar-refractivity contribution in [2.45, 2.75) is 13.0 Å². The van der Waals surface area contributed by atoms with Crippen LogP contribution in [0.1, 0.15) is 6.92 Å². The smallest absolute Gasteiger partial charge is 0.296 e. The van der Waals surface area contributed by atoms with Gasteiger partial charge < -0.3 is 15.5 Å². The van der Waals surface area contributed by atoms with E-state index in [1.807, 2.05) is 24.3 Å². The van der Waals surface area contributed by atoms with Crippen LogP contribution in [0.3, 0.4) is 0 Å². The standard InChI is InChI=1S/C10H11N3O2/c1-6(9(11)14)12-10-13-7-4-2-3-5-8(7)15-10/h2-6H,1H3,(H2,11,14)(H,12,13)/t6-/m0/s1. The second-order valence-corrected chi connectivity index (χ2v) is 3.26. The summed E-state index contributed by atoms with van der Waals surface area (Å²) in [5.74, 6) is -0.447. The second kappa shape index (κ2) is 3.61. The number of nitrogens with two attached hydrogens (primary N) is 1. The number of carbonyl (C=O) groups is 1. The van der Waals surface area contributed by atoms with Crippen LogP contribution in [0, 0.1) is 0 Å². The highest BCUT2D eigenvalue weighted by atomic mass is 16.4. The molecule has 1 aromatic heterocycles. The summed E-state index contributed by atoms with van der Waals surface area (Å²) < 4.78 is 5.36. The summed E-state index contributed by atoms with van der Waals surface area (Å²) in [6.45, 7) is 1.65. The Labute approximate surface area is 86.3 Å². The maximum Gasteiger partial charge on any atom is 0.296 e. The largest absolute Gasteiger partial charge is 0.424 e. The Morgan fingerprint density at radius 3 is 2.93 bits per heavy atom. The SMILES string of the molecule is C[C@H](Nc1nc2ccccc2o1)C(N)=O. The van der Waals surface area contributed by atoms with E-state index in [1.54, 1.807) is 6.92 Å². The number of amides is 1. The van der Waals surface area contributed by atoms with Gasteiger partial charge >= 0.3 is 0 Å². The highest BCUT2D eigenvalue weighted by molar-refractivity contribution is 5.82. The molecule has 5 heteroatoms. The highest BCUT2D eigenvalue weighted by Gasteiger charge is 2.11. The van der Waals surface area contributed by atoms with Gasteiger partial charge in [-0.15, -0.1) is 0 Å². The van der Waals surface area contributed by atoms with Crippen molar-refractivity contribution in [1.29, 1.82) is 0 Å². The van der Waals surface area contributed by atoms with Gasteiger partial charge in [-0.1, -0.05) is 12.1 Å². The third kappa shape index (κ3) is 1.90. The molecule has 0 saturated carbocycles. The van der Waals surface area contributed by atoms with Crippen molar-refractivity contribution in [3.8, 4) is 0 Å². The molecule has 1 heterocycles. The molecule has 3 N–H and O–H groups in total. The van der Waals surface area contributed by atoms with Crippen molar-refractivity contribution in [1.82, 2.24) is 4.98 Å². The average molecular weight is 205 g/mol. The lowest BCUT2D eigenvalue weighted by atomic mass is 10.3. The summed E-state index contributed by atoms with van der Waals surface area (Å²) in [4.78, 5) is 15.0. The lowest BCUT2D eigenvalue weighted by molar-refractivity contribution is -0.118. The van der Waals surface area contributed by atoms with E-state index in [9.17, 15) is 4.79 Å². The van der Waals surface area contributed by atoms with Gasteiger partial charge in [-0.2, -0.15) is 4.98 Å². The van der Waals surface area contributed by atoms with Gasteiger partial charge in [0.1, 0.15) is 11.6 Å². The zero-order chi connectivity index (χ0) is 10.8. The minimum absolute atomic E-state index is 0.308. The minimum Gasteiger partial charge on any atom is -0.424 e. The number of para-hydroxylation sites is 2. The lowest BCUT2D eigenvalue weighted by Gasteiger charge is -2.05. The van der Waals surface area contributed by atoms with Crippen molar-refractivity contribution in [3.63, 3.8) is 0 Å². The fraction of sp³-hybridized carbons (Fsp3) is 0.200. The number of rotatable bonds is 3. The van der Waals surface area contributed by atoms with Gasteiger partial charge in [0.05, 0.1) is 0 Å². The van der Waals surface area contributed by atoms with Crippen LogP contribution in [0.2, 0.25) is 0 Å². The predicted molar refractivity (Wildman–Crippen MR) is 56.3 cm³/mol. The molecule has 1 atom stereocenters. The van der Waals surface area contributed by atoms with Crippen molar-refractivity contribution >= 4 is 23.0 Å². The molecular formula is C10H11N3O2. The van der Waals surface area contributed by atoms with Gasteiger partial charge in [0, 0.05) is 0 Å². The summed E-state index contributed by atoms with van der Waals surface area (Å²) in [5.41, 5.74) is 6.53. The minimum atomic E-state index is -0.502. The number of hydrogen-bond acceptors (Lipinski definition) is 4. The van der Waals surface area contributed by atoms with E-state index >= 15 is 0 Å². The molecule has 0 unspecified atom stereocenters. The summed E-state index contributed by atoms with van der Waals surface area (Å²) in [6, 6.07) is 7.17. The van der Waals surface area contributed by atoms with Crippen LogP contribution in [0.25, 0.3) is 11.1 Å². The van der Waals surface area contributed by atoms with E-state index in [0.717, 1.165) is 5.52 Å². The first-order chi connectivity index (χ1) is 7.16. The van der Waals surface area contributed by atoms with Crippen molar-refractivity contribution < 1.29 is 9.21 Å². The van der Waals surface area contributed by atoms with Crippen molar-refractivity contribution in [2.75, 3.05) is 5.32 Å². The van der Waals surface area contributed by atoms with E-state index in [0.29, 0.717) is 11.6 Å². The Morgan fingerprint density at radius 1 is 1.53 bits per heavy atom. The summed E-state index contributed by atoms with van der Waals surface area (Å²) >= 11 is 0. The molecule has 0 spiro atoms. The van der Waals surface area contributed by atoms with Crippen LogP contribution in [0.15, 0.2) is 28.7 Å². The van der Waals surface area contributed by atoms with Crippen LogP contribution >= 0.6 is 0 Å². The van der Waals surface area contributed by atoms with Crippen molar-refractivity contribution in [3.05, 3.63) is 24.3 Å². The zero-order valence-electron chi connectivity index (χ0n) is 8.23. The predicted octanol–water partition coefficient (Wildman–Crippen LogP) is 1.11. The van der Waals surface area contributed by atoms with Gasteiger partial charge in [-0.25, -0.2) is 0 Å². The maximum atomic E-state index is 10.8. The maximum absolute atomic E-state index is 10.8. The number of oxazole rings is 1. The highest BCUT2D eigenvalue weighted by Crippen LogP contribution is 2.18. The fourth-order valence-corrected chi connectivity index (χ4v) is 1.19. The first-order valence-electron chi connectivity index (χ1n) is 4.58. The molecule has 15 heavy (non-hydrogen) atoms.